The lowest BCUT2D eigenvalue weighted by molar-refractivity contribution is -0.144. The smallest absolute Gasteiger partial charge is 0.303 e. The molecule has 2 aromatic carbocycles. The van der Waals surface area contributed by atoms with Crippen molar-refractivity contribution < 1.29 is 14.0 Å². The first kappa shape index (κ1) is 27.1. The van der Waals surface area contributed by atoms with E-state index in [0.717, 1.165) is 32.3 Å². The van der Waals surface area contributed by atoms with Gasteiger partial charge in [0.15, 0.2) is 0 Å². The largest absolute Gasteiger partial charge is 0.458 e. The Balaban J connectivity index is 1.88. The Bertz CT molecular complexity index is 787. The molecule has 1 atom stereocenters. The molecular formula is C29H42O3Si. The normalized spacial score (nSPS) is 12.8. The van der Waals surface area contributed by atoms with Crippen LogP contribution in [0.1, 0.15) is 72.6 Å². The number of unbranched alkanes of at least 4 members (excludes halogenated alkanes) is 5. The molecule has 2 aromatic rings. The van der Waals surface area contributed by atoms with E-state index in [4.69, 9.17) is 9.16 Å². The SMILES string of the molecule is C=CC(CCCCCCCCO[Si](c1ccccc1)(c1ccccc1)C(C)(C)C)OC(C)=O. The number of hydrogen-bond acceptors (Lipinski definition) is 3. The molecule has 0 heterocycles. The first-order chi connectivity index (χ1) is 15.8. The Kier molecular flexibility index (Phi) is 11.1. The summed E-state index contributed by atoms with van der Waals surface area (Å²) in [6, 6.07) is 21.7. The summed E-state index contributed by atoms with van der Waals surface area (Å²) < 4.78 is 12.2. The highest BCUT2D eigenvalue weighted by Gasteiger charge is 2.49. The van der Waals surface area contributed by atoms with Crippen LogP contribution in [-0.2, 0) is 14.0 Å². The fourth-order valence-corrected chi connectivity index (χ4v) is 9.19. The molecule has 0 saturated heterocycles. The van der Waals surface area contributed by atoms with Gasteiger partial charge in [0.2, 0.25) is 0 Å². The topological polar surface area (TPSA) is 35.5 Å². The van der Waals surface area contributed by atoms with Crippen LogP contribution in [0.25, 0.3) is 0 Å². The molecule has 0 aromatic heterocycles. The number of rotatable bonds is 14. The molecule has 0 N–H and O–H groups in total. The lowest BCUT2D eigenvalue weighted by Gasteiger charge is -2.43. The molecule has 0 amide bonds. The number of ether oxygens (including phenoxy) is 1. The molecule has 0 saturated carbocycles. The molecule has 0 radical (unpaired) electrons. The maximum atomic E-state index is 11.1. The van der Waals surface area contributed by atoms with Crippen molar-refractivity contribution >= 4 is 24.7 Å². The summed E-state index contributed by atoms with van der Waals surface area (Å²) in [5.74, 6) is -0.235. The third-order valence-corrected chi connectivity index (χ3v) is 11.2. The van der Waals surface area contributed by atoms with Crippen molar-refractivity contribution in [1.82, 2.24) is 0 Å². The molecule has 0 aliphatic carbocycles. The zero-order valence-corrected chi connectivity index (χ0v) is 22.0. The number of esters is 1. The van der Waals surface area contributed by atoms with Gasteiger partial charge in [-0.25, -0.2) is 0 Å². The predicted molar refractivity (Wildman–Crippen MR) is 142 cm³/mol. The van der Waals surface area contributed by atoms with Crippen LogP contribution in [0.3, 0.4) is 0 Å². The van der Waals surface area contributed by atoms with E-state index in [1.54, 1.807) is 6.08 Å². The lowest BCUT2D eigenvalue weighted by atomic mass is 10.1. The summed E-state index contributed by atoms with van der Waals surface area (Å²) in [6.45, 7) is 13.0. The van der Waals surface area contributed by atoms with Gasteiger partial charge in [-0.15, -0.1) is 0 Å². The molecule has 2 rings (SSSR count). The van der Waals surface area contributed by atoms with E-state index >= 15 is 0 Å². The minimum atomic E-state index is -2.41. The third kappa shape index (κ3) is 7.97. The first-order valence-corrected chi connectivity index (χ1v) is 14.3. The number of benzene rings is 2. The van der Waals surface area contributed by atoms with Crippen molar-refractivity contribution in [1.29, 1.82) is 0 Å². The van der Waals surface area contributed by atoms with Gasteiger partial charge in [-0.05, 0) is 34.7 Å². The molecule has 0 aliphatic rings. The van der Waals surface area contributed by atoms with Crippen LogP contribution in [0.5, 0.6) is 0 Å². The van der Waals surface area contributed by atoms with Gasteiger partial charge in [0.05, 0.1) is 0 Å². The van der Waals surface area contributed by atoms with E-state index in [9.17, 15) is 4.79 Å². The van der Waals surface area contributed by atoms with E-state index in [0.29, 0.717) is 0 Å². The Hall–Kier alpha value is -2.17. The van der Waals surface area contributed by atoms with Gasteiger partial charge >= 0.3 is 5.97 Å². The van der Waals surface area contributed by atoms with Crippen LogP contribution in [0, 0.1) is 0 Å². The van der Waals surface area contributed by atoms with E-state index in [1.807, 2.05) is 0 Å². The standard InChI is InChI=1S/C29H42O3Si/c1-6-26(32-25(2)30)19-13-9-7-8-10-18-24-31-33(29(3,4)5,27-20-14-11-15-21-27)28-22-16-12-17-23-28/h6,11-12,14-17,20-23,26H,1,7-10,13,18-19,24H2,2-5H3. The summed E-state index contributed by atoms with van der Waals surface area (Å²) in [6.07, 6.45) is 9.30. The van der Waals surface area contributed by atoms with E-state index < -0.39 is 8.32 Å². The van der Waals surface area contributed by atoms with Gasteiger partial charge < -0.3 is 9.16 Å². The summed E-state index contributed by atoms with van der Waals surface area (Å²) >= 11 is 0. The second-order valence-corrected chi connectivity index (χ2v) is 14.1. The number of carbonyl (C=O) groups is 1. The quantitative estimate of drug-likeness (QED) is 0.140. The van der Waals surface area contributed by atoms with Crippen molar-refractivity contribution in [3.63, 3.8) is 0 Å². The third-order valence-electron chi connectivity index (χ3n) is 6.20. The van der Waals surface area contributed by atoms with E-state index in [-0.39, 0.29) is 17.1 Å². The van der Waals surface area contributed by atoms with E-state index in [1.165, 1.54) is 36.6 Å². The fraction of sp³-hybridized carbons (Fsp3) is 0.483. The van der Waals surface area contributed by atoms with Crippen molar-refractivity contribution in [3.05, 3.63) is 73.3 Å². The van der Waals surface area contributed by atoms with Crippen molar-refractivity contribution in [2.45, 2.75) is 83.8 Å². The molecule has 0 bridgehead atoms. The van der Waals surface area contributed by atoms with Crippen LogP contribution in [0.15, 0.2) is 73.3 Å². The molecule has 0 aliphatic heterocycles. The van der Waals surface area contributed by atoms with Gasteiger partial charge in [-0.1, -0.05) is 120 Å². The highest BCUT2D eigenvalue weighted by molar-refractivity contribution is 6.99. The minimum absolute atomic E-state index is 0.0271. The van der Waals surface area contributed by atoms with Crippen molar-refractivity contribution in [2.24, 2.45) is 0 Å². The van der Waals surface area contributed by atoms with E-state index in [2.05, 4.69) is 88.0 Å². The Morgan fingerprint density at radius 1 is 0.879 bits per heavy atom. The van der Waals surface area contributed by atoms with Crippen LogP contribution >= 0.6 is 0 Å². The molecule has 1 unspecified atom stereocenters. The van der Waals surface area contributed by atoms with Gasteiger partial charge in [0.1, 0.15) is 6.10 Å². The highest BCUT2D eigenvalue weighted by atomic mass is 28.4. The number of carbonyl (C=O) groups excluding carboxylic acids is 1. The maximum Gasteiger partial charge on any atom is 0.303 e. The monoisotopic (exact) mass is 466 g/mol. The average Bonchev–Trinajstić information content (AvgIpc) is 2.79. The predicted octanol–water partition coefficient (Wildman–Crippen LogP) is 6.41. The molecule has 4 heteroatoms. The average molecular weight is 467 g/mol. The van der Waals surface area contributed by atoms with Gasteiger partial charge in [-0.3, -0.25) is 4.79 Å². The highest BCUT2D eigenvalue weighted by Crippen LogP contribution is 2.36. The lowest BCUT2D eigenvalue weighted by Crippen LogP contribution is -2.66. The summed E-state index contributed by atoms with van der Waals surface area (Å²) in [5, 5.41) is 2.71. The molecular weight excluding hydrogens is 424 g/mol. The van der Waals surface area contributed by atoms with Gasteiger partial charge in [0.25, 0.3) is 8.32 Å². The maximum absolute atomic E-state index is 11.1. The molecule has 0 fully saturated rings. The Morgan fingerprint density at radius 3 is 1.82 bits per heavy atom. The molecule has 0 spiro atoms. The first-order valence-electron chi connectivity index (χ1n) is 12.4. The van der Waals surface area contributed by atoms with Gasteiger partial charge in [0, 0.05) is 13.5 Å². The molecule has 180 valence electrons. The molecule has 33 heavy (non-hydrogen) atoms. The minimum Gasteiger partial charge on any atom is -0.458 e. The van der Waals surface area contributed by atoms with Crippen LogP contribution in [-0.4, -0.2) is 27.0 Å². The zero-order valence-electron chi connectivity index (χ0n) is 21.0. The Morgan fingerprint density at radius 2 is 1.36 bits per heavy atom. The van der Waals surface area contributed by atoms with Crippen molar-refractivity contribution in [2.75, 3.05) is 6.61 Å². The summed E-state index contributed by atoms with van der Waals surface area (Å²) in [5.41, 5.74) is 0. The van der Waals surface area contributed by atoms with Crippen molar-refractivity contribution in [3.8, 4) is 0 Å². The van der Waals surface area contributed by atoms with Crippen LogP contribution in [0.2, 0.25) is 5.04 Å². The van der Waals surface area contributed by atoms with Gasteiger partial charge in [-0.2, -0.15) is 0 Å². The second kappa shape index (κ2) is 13.5. The van der Waals surface area contributed by atoms with Crippen LogP contribution in [0.4, 0.5) is 0 Å². The number of hydrogen-bond donors (Lipinski definition) is 0. The second-order valence-electron chi connectivity index (χ2n) is 9.81. The fourth-order valence-electron chi connectivity index (χ4n) is 4.58. The molecule has 3 nitrogen and oxygen atoms in total. The summed E-state index contributed by atoms with van der Waals surface area (Å²) in [4.78, 5) is 11.1. The summed E-state index contributed by atoms with van der Waals surface area (Å²) in [7, 11) is -2.41. The van der Waals surface area contributed by atoms with Crippen LogP contribution < -0.4 is 10.4 Å². The Labute approximate surface area is 202 Å². The zero-order chi connectivity index (χ0) is 24.2.